The Hall–Kier alpha value is -0.770. The van der Waals surface area contributed by atoms with Gasteiger partial charge >= 0.3 is 0 Å². The number of halogens is 2. The van der Waals surface area contributed by atoms with Gasteiger partial charge in [0, 0.05) is 23.6 Å². The molecule has 1 aromatic carbocycles. The average molecular weight is 261 g/mol. The molecule has 3 nitrogen and oxygen atoms in total. The van der Waals surface area contributed by atoms with Crippen molar-refractivity contribution in [2.45, 2.75) is 19.5 Å². The molecule has 2 N–H and O–H groups in total. The fourth-order valence-corrected chi connectivity index (χ4v) is 1.86. The number of carbonyl (C=O) groups excluding carboxylic acids is 1. The van der Waals surface area contributed by atoms with E-state index in [4.69, 9.17) is 23.2 Å². The highest BCUT2D eigenvalue weighted by atomic mass is 35.5. The van der Waals surface area contributed by atoms with Crippen molar-refractivity contribution < 1.29 is 4.79 Å². The Morgan fingerprint density at radius 2 is 1.88 bits per heavy atom. The van der Waals surface area contributed by atoms with Gasteiger partial charge in [0.15, 0.2) is 0 Å². The predicted molar refractivity (Wildman–Crippen MR) is 66.8 cm³/mol. The first-order valence-corrected chi connectivity index (χ1v) is 5.68. The van der Waals surface area contributed by atoms with E-state index in [0.717, 1.165) is 5.56 Å². The van der Waals surface area contributed by atoms with E-state index in [1.54, 1.807) is 20.0 Å². The van der Waals surface area contributed by atoms with Crippen molar-refractivity contribution in [1.29, 1.82) is 0 Å². The van der Waals surface area contributed by atoms with Gasteiger partial charge in [0.25, 0.3) is 0 Å². The molecule has 0 spiro atoms. The number of hydrogen-bond donors (Lipinski definition) is 2. The van der Waals surface area contributed by atoms with E-state index in [1.165, 1.54) is 0 Å². The molecule has 0 bridgehead atoms. The van der Waals surface area contributed by atoms with Crippen molar-refractivity contribution in [2.75, 3.05) is 7.05 Å². The smallest absolute Gasteiger partial charge is 0.236 e. The number of hydrogen-bond acceptors (Lipinski definition) is 2. The van der Waals surface area contributed by atoms with E-state index in [2.05, 4.69) is 10.6 Å². The highest BCUT2D eigenvalue weighted by Gasteiger charge is 2.09. The first-order chi connectivity index (χ1) is 7.52. The van der Waals surface area contributed by atoms with E-state index in [9.17, 15) is 4.79 Å². The Balaban J connectivity index is 2.57. The first kappa shape index (κ1) is 13.3. The molecule has 0 fully saturated rings. The summed E-state index contributed by atoms with van der Waals surface area (Å²) in [5, 5.41) is 6.83. The SMILES string of the molecule is CNC(=O)C(C)NCc1cc(Cl)cc(Cl)c1. The third-order valence-electron chi connectivity index (χ3n) is 2.17. The Morgan fingerprint density at radius 3 is 2.38 bits per heavy atom. The quantitative estimate of drug-likeness (QED) is 0.872. The van der Waals surface area contributed by atoms with Crippen molar-refractivity contribution in [3.05, 3.63) is 33.8 Å². The van der Waals surface area contributed by atoms with Crippen LogP contribution in [0.2, 0.25) is 10.0 Å². The molecular formula is C11H14Cl2N2O. The molecule has 0 saturated heterocycles. The minimum atomic E-state index is -0.247. The average Bonchev–Trinajstić information content (AvgIpc) is 2.23. The zero-order chi connectivity index (χ0) is 12.1. The molecule has 0 radical (unpaired) electrons. The fourth-order valence-electron chi connectivity index (χ4n) is 1.29. The van der Waals surface area contributed by atoms with E-state index in [1.807, 2.05) is 12.1 Å². The van der Waals surface area contributed by atoms with Gasteiger partial charge in [-0.1, -0.05) is 23.2 Å². The van der Waals surface area contributed by atoms with Crippen molar-refractivity contribution in [3.63, 3.8) is 0 Å². The molecule has 0 aliphatic heterocycles. The lowest BCUT2D eigenvalue weighted by atomic mass is 10.2. The summed E-state index contributed by atoms with van der Waals surface area (Å²) in [5.74, 6) is -0.0480. The Morgan fingerprint density at radius 1 is 1.31 bits per heavy atom. The van der Waals surface area contributed by atoms with Crippen LogP contribution in [0.1, 0.15) is 12.5 Å². The summed E-state index contributed by atoms with van der Waals surface area (Å²) in [5.41, 5.74) is 0.952. The Labute approximate surface area is 105 Å². The monoisotopic (exact) mass is 260 g/mol. The highest BCUT2D eigenvalue weighted by Crippen LogP contribution is 2.18. The zero-order valence-electron chi connectivity index (χ0n) is 9.18. The summed E-state index contributed by atoms with van der Waals surface area (Å²) in [7, 11) is 1.61. The lowest BCUT2D eigenvalue weighted by Gasteiger charge is -2.12. The molecule has 0 aliphatic rings. The molecule has 1 amide bonds. The minimum absolute atomic E-state index is 0.0480. The van der Waals surface area contributed by atoms with Crippen LogP contribution in [0.15, 0.2) is 18.2 Å². The van der Waals surface area contributed by atoms with Crippen molar-refractivity contribution in [2.24, 2.45) is 0 Å². The van der Waals surface area contributed by atoms with Crippen LogP contribution in [0.25, 0.3) is 0 Å². The van der Waals surface area contributed by atoms with Crippen molar-refractivity contribution >= 4 is 29.1 Å². The van der Waals surface area contributed by atoms with Crippen LogP contribution in [0.5, 0.6) is 0 Å². The molecule has 88 valence electrons. The van der Waals surface area contributed by atoms with Gasteiger partial charge in [0.1, 0.15) is 0 Å². The zero-order valence-corrected chi connectivity index (χ0v) is 10.7. The third kappa shape index (κ3) is 4.00. The van der Waals surface area contributed by atoms with Gasteiger partial charge in [-0.05, 0) is 30.7 Å². The second-order valence-electron chi connectivity index (χ2n) is 3.49. The molecule has 0 saturated carbocycles. The second-order valence-corrected chi connectivity index (χ2v) is 4.37. The standard InChI is InChI=1S/C11H14Cl2N2O/c1-7(11(16)14-2)15-6-8-3-9(12)5-10(13)4-8/h3-5,7,15H,6H2,1-2H3,(H,14,16). The third-order valence-corrected chi connectivity index (χ3v) is 2.61. The lowest BCUT2D eigenvalue weighted by Crippen LogP contribution is -2.40. The van der Waals surface area contributed by atoms with Gasteiger partial charge in [0.05, 0.1) is 6.04 Å². The molecular weight excluding hydrogens is 247 g/mol. The van der Waals surface area contributed by atoms with Gasteiger partial charge in [0.2, 0.25) is 5.91 Å². The van der Waals surface area contributed by atoms with Gasteiger partial charge in [-0.2, -0.15) is 0 Å². The largest absolute Gasteiger partial charge is 0.358 e. The molecule has 1 rings (SSSR count). The van der Waals surface area contributed by atoms with Crippen LogP contribution < -0.4 is 10.6 Å². The van der Waals surface area contributed by atoms with Crippen LogP contribution in [-0.2, 0) is 11.3 Å². The fraction of sp³-hybridized carbons (Fsp3) is 0.364. The number of carbonyl (C=O) groups is 1. The highest BCUT2D eigenvalue weighted by molar-refractivity contribution is 6.34. The minimum Gasteiger partial charge on any atom is -0.358 e. The van der Waals surface area contributed by atoms with Gasteiger partial charge < -0.3 is 10.6 Å². The molecule has 16 heavy (non-hydrogen) atoms. The lowest BCUT2D eigenvalue weighted by molar-refractivity contribution is -0.122. The van der Waals surface area contributed by atoms with E-state index < -0.39 is 0 Å². The Kier molecular flexibility index (Phi) is 5.06. The molecule has 1 aromatic rings. The summed E-state index contributed by atoms with van der Waals surface area (Å²) in [6.07, 6.45) is 0. The maximum Gasteiger partial charge on any atom is 0.236 e. The van der Waals surface area contributed by atoms with E-state index >= 15 is 0 Å². The predicted octanol–water partition coefficient (Wildman–Crippen LogP) is 2.22. The van der Waals surface area contributed by atoms with E-state index in [0.29, 0.717) is 16.6 Å². The normalized spacial score (nSPS) is 12.2. The van der Waals surface area contributed by atoms with Gasteiger partial charge in [-0.3, -0.25) is 4.79 Å². The van der Waals surface area contributed by atoms with Crippen LogP contribution in [-0.4, -0.2) is 19.0 Å². The molecule has 0 aliphatic carbocycles. The summed E-state index contributed by atoms with van der Waals surface area (Å²) in [6, 6.07) is 5.06. The number of benzene rings is 1. The summed E-state index contributed by atoms with van der Waals surface area (Å²) in [4.78, 5) is 11.2. The van der Waals surface area contributed by atoms with Crippen LogP contribution in [0.4, 0.5) is 0 Å². The van der Waals surface area contributed by atoms with Crippen LogP contribution in [0.3, 0.4) is 0 Å². The maximum atomic E-state index is 11.2. The molecule has 1 atom stereocenters. The molecule has 0 aromatic heterocycles. The topological polar surface area (TPSA) is 41.1 Å². The van der Waals surface area contributed by atoms with Crippen LogP contribution >= 0.6 is 23.2 Å². The number of rotatable bonds is 4. The number of nitrogens with one attached hydrogen (secondary N) is 2. The van der Waals surface area contributed by atoms with Crippen molar-refractivity contribution in [1.82, 2.24) is 10.6 Å². The molecule has 5 heteroatoms. The second kappa shape index (κ2) is 6.09. The summed E-state index contributed by atoms with van der Waals surface area (Å²) < 4.78 is 0. The van der Waals surface area contributed by atoms with Crippen LogP contribution in [0, 0.1) is 0 Å². The molecule has 1 unspecified atom stereocenters. The summed E-state index contributed by atoms with van der Waals surface area (Å²) >= 11 is 11.7. The first-order valence-electron chi connectivity index (χ1n) is 4.93. The summed E-state index contributed by atoms with van der Waals surface area (Å²) in [6.45, 7) is 2.35. The number of likely N-dealkylation sites (N-methyl/N-ethyl adjacent to an activating group) is 1. The van der Waals surface area contributed by atoms with Gasteiger partial charge in [-0.25, -0.2) is 0 Å². The molecule has 0 heterocycles. The van der Waals surface area contributed by atoms with Gasteiger partial charge in [-0.15, -0.1) is 0 Å². The Bertz CT molecular complexity index is 362. The van der Waals surface area contributed by atoms with Crippen molar-refractivity contribution in [3.8, 4) is 0 Å². The maximum absolute atomic E-state index is 11.2. The number of amides is 1. The van der Waals surface area contributed by atoms with E-state index in [-0.39, 0.29) is 11.9 Å².